The van der Waals surface area contributed by atoms with Gasteiger partial charge in [0.25, 0.3) is 5.91 Å². The van der Waals surface area contributed by atoms with Crippen molar-refractivity contribution in [3.8, 4) is 0 Å². The molecule has 0 spiro atoms. The quantitative estimate of drug-likeness (QED) is 0.802. The summed E-state index contributed by atoms with van der Waals surface area (Å²) >= 11 is 1.59. The SMILES string of the molecule is CC(NC(=O)c1ccnnc1)c1ccc2ncsc2c1. The third kappa shape index (κ3) is 2.50. The van der Waals surface area contributed by atoms with E-state index in [9.17, 15) is 4.79 Å². The third-order valence-electron chi connectivity index (χ3n) is 3.05. The minimum absolute atomic E-state index is 0.0813. The molecule has 2 heterocycles. The summed E-state index contributed by atoms with van der Waals surface area (Å²) in [6.45, 7) is 1.95. The number of nitrogens with zero attached hydrogens (tertiary/aromatic N) is 3. The van der Waals surface area contributed by atoms with Gasteiger partial charge in [-0.3, -0.25) is 4.79 Å². The Morgan fingerprint density at radius 3 is 3.00 bits per heavy atom. The summed E-state index contributed by atoms with van der Waals surface area (Å²) in [6, 6.07) is 7.57. The number of amides is 1. The molecule has 1 unspecified atom stereocenters. The molecule has 2 aromatic heterocycles. The molecule has 1 N–H and O–H groups in total. The molecule has 0 saturated heterocycles. The van der Waals surface area contributed by atoms with Crippen LogP contribution in [0.3, 0.4) is 0 Å². The van der Waals surface area contributed by atoms with Crippen molar-refractivity contribution in [2.75, 3.05) is 0 Å². The number of hydrogen-bond donors (Lipinski definition) is 1. The Hall–Kier alpha value is -2.34. The first-order valence-electron chi connectivity index (χ1n) is 6.15. The van der Waals surface area contributed by atoms with E-state index < -0.39 is 0 Å². The van der Waals surface area contributed by atoms with E-state index in [0.29, 0.717) is 5.56 Å². The highest BCUT2D eigenvalue weighted by molar-refractivity contribution is 7.16. The van der Waals surface area contributed by atoms with Crippen molar-refractivity contribution < 1.29 is 4.79 Å². The number of carbonyl (C=O) groups excluding carboxylic acids is 1. The molecule has 0 radical (unpaired) electrons. The monoisotopic (exact) mass is 284 g/mol. The van der Waals surface area contributed by atoms with Crippen LogP contribution in [0.2, 0.25) is 0 Å². The van der Waals surface area contributed by atoms with Crippen LogP contribution in [0, 0.1) is 0 Å². The van der Waals surface area contributed by atoms with Crippen LogP contribution < -0.4 is 5.32 Å². The molecule has 20 heavy (non-hydrogen) atoms. The lowest BCUT2D eigenvalue weighted by Gasteiger charge is -2.14. The number of fused-ring (bicyclic) bond motifs is 1. The summed E-state index contributed by atoms with van der Waals surface area (Å²) in [5, 5.41) is 10.3. The lowest BCUT2D eigenvalue weighted by atomic mass is 10.1. The standard InChI is InChI=1S/C14H12N4OS/c1-9(18-14(19)11-4-5-16-17-7-11)10-2-3-12-13(6-10)20-8-15-12/h2-9H,1H3,(H,18,19). The number of benzene rings is 1. The summed E-state index contributed by atoms with van der Waals surface area (Å²) in [7, 11) is 0. The molecule has 0 bridgehead atoms. The number of carbonyl (C=O) groups is 1. The van der Waals surface area contributed by atoms with Crippen molar-refractivity contribution in [2.45, 2.75) is 13.0 Å². The number of thiazole rings is 1. The first-order valence-corrected chi connectivity index (χ1v) is 7.03. The minimum Gasteiger partial charge on any atom is -0.345 e. The zero-order chi connectivity index (χ0) is 13.9. The molecular weight excluding hydrogens is 272 g/mol. The predicted octanol–water partition coefficient (Wildman–Crippen LogP) is 2.58. The van der Waals surface area contributed by atoms with Gasteiger partial charge in [0.2, 0.25) is 0 Å². The fourth-order valence-electron chi connectivity index (χ4n) is 1.93. The molecule has 1 amide bonds. The van der Waals surface area contributed by atoms with Crippen molar-refractivity contribution in [3.63, 3.8) is 0 Å². The number of nitrogens with one attached hydrogen (secondary N) is 1. The number of rotatable bonds is 3. The highest BCUT2D eigenvalue weighted by atomic mass is 32.1. The third-order valence-corrected chi connectivity index (χ3v) is 3.84. The van der Waals surface area contributed by atoms with Crippen molar-refractivity contribution in [2.24, 2.45) is 0 Å². The Bertz CT molecular complexity index is 741. The van der Waals surface area contributed by atoms with Gasteiger partial charge in [-0.1, -0.05) is 6.07 Å². The first-order chi connectivity index (χ1) is 9.74. The second kappa shape index (κ2) is 5.34. The maximum atomic E-state index is 12.1. The normalized spacial score (nSPS) is 12.2. The van der Waals surface area contributed by atoms with Crippen LogP contribution in [0.4, 0.5) is 0 Å². The molecule has 1 atom stereocenters. The van der Waals surface area contributed by atoms with E-state index in [0.717, 1.165) is 15.8 Å². The topological polar surface area (TPSA) is 67.8 Å². The fourth-order valence-corrected chi connectivity index (χ4v) is 2.65. The molecule has 0 aliphatic rings. The summed E-state index contributed by atoms with van der Waals surface area (Å²) in [4.78, 5) is 16.3. The van der Waals surface area contributed by atoms with Crippen LogP contribution in [-0.4, -0.2) is 21.1 Å². The van der Waals surface area contributed by atoms with Gasteiger partial charge in [-0.25, -0.2) is 4.98 Å². The lowest BCUT2D eigenvalue weighted by Crippen LogP contribution is -2.26. The molecule has 5 nitrogen and oxygen atoms in total. The molecular formula is C14H12N4OS. The van der Waals surface area contributed by atoms with Crippen LogP contribution in [-0.2, 0) is 0 Å². The summed E-state index contributed by atoms with van der Waals surface area (Å²) in [5.74, 6) is -0.156. The maximum Gasteiger partial charge on any atom is 0.253 e. The van der Waals surface area contributed by atoms with Crippen molar-refractivity contribution >= 4 is 27.5 Å². The molecule has 3 aromatic rings. The van der Waals surface area contributed by atoms with Gasteiger partial charge in [0.15, 0.2) is 0 Å². The van der Waals surface area contributed by atoms with Crippen LogP contribution in [0.1, 0.15) is 28.9 Å². The van der Waals surface area contributed by atoms with Crippen molar-refractivity contribution in [3.05, 3.63) is 53.3 Å². The van der Waals surface area contributed by atoms with E-state index in [1.165, 1.54) is 12.4 Å². The van der Waals surface area contributed by atoms with E-state index in [4.69, 9.17) is 0 Å². The van der Waals surface area contributed by atoms with Gasteiger partial charge in [-0.15, -0.1) is 11.3 Å². The Kier molecular flexibility index (Phi) is 3.39. The Morgan fingerprint density at radius 2 is 2.20 bits per heavy atom. The number of aromatic nitrogens is 3. The molecule has 0 aliphatic heterocycles. The fraction of sp³-hybridized carbons (Fsp3) is 0.143. The van der Waals surface area contributed by atoms with Gasteiger partial charge < -0.3 is 5.32 Å². The Morgan fingerprint density at radius 1 is 1.30 bits per heavy atom. The van der Waals surface area contributed by atoms with Gasteiger partial charge in [-0.2, -0.15) is 10.2 Å². The second-order valence-corrected chi connectivity index (χ2v) is 5.29. The highest BCUT2D eigenvalue weighted by Gasteiger charge is 2.12. The predicted molar refractivity (Wildman–Crippen MR) is 77.5 cm³/mol. The average molecular weight is 284 g/mol. The highest BCUT2D eigenvalue weighted by Crippen LogP contribution is 2.22. The first kappa shape index (κ1) is 12.7. The van der Waals surface area contributed by atoms with Gasteiger partial charge in [0.1, 0.15) is 0 Å². The minimum atomic E-state index is -0.156. The molecule has 6 heteroatoms. The van der Waals surface area contributed by atoms with Crippen LogP contribution in [0.25, 0.3) is 10.2 Å². The zero-order valence-electron chi connectivity index (χ0n) is 10.8. The van der Waals surface area contributed by atoms with Gasteiger partial charge in [0.05, 0.1) is 39.7 Å². The molecule has 0 saturated carbocycles. The van der Waals surface area contributed by atoms with Crippen LogP contribution in [0.15, 0.2) is 42.2 Å². The smallest absolute Gasteiger partial charge is 0.253 e. The largest absolute Gasteiger partial charge is 0.345 e. The summed E-state index contributed by atoms with van der Waals surface area (Å²) in [5.41, 5.74) is 4.36. The Balaban J connectivity index is 1.78. The van der Waals surface area contributed by atoms with E-state index in [-0.39, 0.29) is 11.9 Å². The summed E-state index contributed by atoms with van der Waals surface area (Å²) in [6.07, 6.45) is 2.96. The van der Waals surface area contributed by atoms with E-state index in [1.807, 2.05) is 24.6 Å². The molecule has 0 fully saturated rings. The maximum absolute atomic E-state index is 12.1. The second-order valence-electron chi connectivity index (χ2n) is 4.41. The van der Waals surface area contributed by atoms with Crippen molar-refractivity contribution in [1.29, 1.82) is 0 Å². The van der Waals surface area contributed by atoms with E-state index in [1.54, 1.807) is 17.4 Å². The molecule has 0 aliphatic carbocycles. The molecule has 3 rings (SSSR count). The number of hydrogen-bond acceptors (Lipinski definition) is 5. The van der Waals surface area contributed by atoms with Crippen LogP contribution in [0.5, 0.6) is 0 Å². The zero-order valence-corrected chi connectivity index (χ0v) is 11.6. The van der Waals surface area contributed by atoms with E-state index in [2.05, 4.69) is 26.6 Å². The van der Waals surface area contributed by atoms with Gasteiger partial charge in [-0.05, 0) is 30.7 Å². The summed E-state index contributed by atoms with van der Waals surface area (Å²) < 4.78 is 1.12. The molecule has 1 aromatic carbocycles. The van der Waals surface area contributed by atoms with Gasteiger partial charge >= 0.3 is 0 Å². The van der Waals surface area contributed by atoms with Crippen molar-refractivity contribution in [1.82, 2.24) is 20.5 Å². The van der Waals surface area contributed by atoms with Gasteiger partial charge in [0, 0.05) is 0 Å². The average Bonchev–Trinajstić information content (AvgIpc) is 2.95. The van der Waals surface area contributed by atoms with Crippen LogP contribution >= 0.6 is 11.3 Å². The Labute approximate surface area is 119 Å². The lowest BCUT2D eigenvalue weighted by molar-refractivity contribution is 0.0939. The molecule has 100 valence electrons. The van der Waals surface area contributed by atoms with E-state index >= 15 is 0 Å².